The van der Waals surface area contributed by atoms with E-state index < -0.39 is 9.84 Å². The minimum absolute atomic E-state index is 0. The van der Waals surface area contributed by atoms with Crippen LogP contribution in [0.3, 0.4) is 0 Å². The van der Waals surface area contributed by atoms with Crippen LogP contribution in [0.4, 0.5) is 0 Å². The number of sulfone groups is 1. The molecule has 0 aliphatic carbocycles. The van der Waals surface area contributed by atoms with E-state index >= 15 is 0 Å². The van der Waals surface area contributed by atoms with Crippen LogP contribution in [0.15, 0.2) is 35.3 Å². The van der Waals surface area contributed by atoms with Crippen molar-refractivity contribution in [1.82, 2.24) is 10.6 Å². The topological polar surface area (TPSA) is 70.6 Å². The van der Waals surface area contributed by atoms with Crippen LogP contribution in [0, 0.1) is 5.92 Å². The number of halogens is 1. The van der Waals surface area contributed by atoms with E-state index in [1.807, 2.05) is 13.0 Å². The van der Waals surface area contributed by atoms with E-state index in [0.29, 0.717) is 24.2 Å². The van der Waals surface area contributed by atoms with Crippen molar-refractivity contribution in [2.45, 2.75) is 39.2 Å². The number of nitrogens with zero attached hydrogens (tertiary/aromatic N) is 1. The number of rotatable bonds is 8. The highest BCUT2D eigenvalue weighted by atomic mass is 127. The van der Waals surface area contributed by atoms with Gasteiger partial charge in [0.25, 0.3) is 0 Å². The Labute approximate surface area is 170 Å². The Kier molecular flexibility index (Phi) is 11.3. The largest absolute Gasteiger partial charge is 0.356 e. The molecule has 1 aromatic carbocycles. The third kappa shape index (κ3) is 10.0. The molecule has 7 heteroatoms. The Morgan fingerprint density at radius 1 is 1.16 bits per heavy atom. The lowest BCUT2D eigenvalue weighted by molar-refractivity contribution is 0.485. The molecule has 1 rings (SSSR count). The van der Waals surface area contributed by atoms with Crippen molar-refractivity contribution < 1.29 is 8.42 Å². The van der Waals surface area contributed by atoms with E-state index in [0.717, 1.165) is 6.54 Å². The minimum Gasteiger partial charge on any atom is -0.356 e. The molecule has 0 amide bonds. The Morgan fingerprint density at radius 3 is 2.24 bits per heavy atom. The van der Waals surface area contributed by atoms with Gasteiger partial charge in [-0.2, -0.15) is 0 Å². The summed E-state index contributed by atoms with van der Waals surface area (Å²) < 4.78 is 22.5. The first-order valence-electron chi connectivity index (χ1n) is 8.42. The molecule has 0 bridgehead atoms. The van der Waals surface area contributed by atoms with Crippen molar-refractivity contribution in [2.24, 2.45) is 10.9 Å². The average molecular weight is 481 g/mol. The zero-order valence-corrected chi connectivity index (χ0v) is 19.0. The van der Waals surface area contributed by atoms with Crippen molar-refractivity contribution in [3.8, 4) is 0 Å². The standard InChI is InChI=1S/C18H31N3O2S.HI/c1-14(2)17(16-9-7-6-8-10-16)13-20-18(19-4)21-15(3)11-12-24(5,22)23;/h6-10,14-15,17H,11-13H2,1-5H3,(H2,19,20,21);1H. The molecule has 2 N–H and O–H groups in total. The fourth-order valence-corrected chi connectivity index (χ4v) is 3.32. The van der Waals surface area contributed by atoms with Gasteiger partial charge in [0.05, 0.1) is 5.75 Å². The van der Waals surface area contributed by atoms with Crippen LogP contribution in [0.1, 0.15) is 38.7 Å². The molecule has 0 aliphatic rings. The summed E-state index contributed by atoms with van der Waals surface area (Å²) in [5.41, 5.74) is 1.31. The van der Waals surface area contributed by atoms with Crippen LogP contribution in [-0.2, 0) is 9.84 Å². The Balaban J connectivity index is 0.00000576. The van der Waals surface area contributed by atoms with Crippen LogP contribution in [0.5, 0.6) is 0 Å². The first-order chi connectivity index (χ1) is 11.2. The lowest BCUT2D eigenvalue weighted by atomic mass is 9.88. The molecule has 1 aromatic rings. The summed E-state index contributed by atoms with van der Waals surface area (Å²) in [4.78, 5) is 4.24. The summed E-state index contributed by atoms with van der Waals surface area (Å²) in [6.07, 6.45) is 1.83. The first kappa shape index (κ1) is 24.2. The third-order valence-electron chi connectivity index (χ3n) is 4.05. The predicted molar refractivity (Wildman–Crippen MR) is 118 cm³/mol. The number of hydrogen-bond acceptors (Lipinski definition) is 3. The summed E-state index contributed by atoms with van der Waals surface area (Å²) in [5.74, 6) is 1.77. The molecule has 0 saturated carbocycles. The smallest absolute Gasteiger partial charge is 0.191 e. The second-order valence-electron chi connectivity index (χ2n) is 6.68. The first-order valence-corrected chi connectivity index (χ1v) is 10.5. The van der Waals surface area contributed by atoms with Crippen LogP contribution in [-0.4, -0.2) is 46.0 Å². The van der Waals surface area contributed by atoms with Gasteiger partial charge < -0.3 is 10.6 Å². The normalized spacial score (nSPS) is 14.6. The van der Waals surface area contributed by atoms with Gasteiger partial charge in [-0.3, -0.25) is 4.99 Å². The average Bonchev–Trinajstić information content (AvgIpc) is 2.52. The summed E-state index contributed by atoms with van der Waals surface area (Å²) >= 11 is 0. The molecule has 2 unspecified atom stereocenters. The van der Waals surface area contributed by atoms with E-state index in [-0.39, 0.29) is 35.8 Å². The molecule has 5 nitrogen and oxygen atoms in total. The molecular formula is C18H32IN3O2S. The predicted octanol–water partition coefficient (Wildman–Crippen LogP) is 3.03. The van der Waals surface area contributed by atoms with Gasteiger partial charge in [-0.25, -0.2) is 8.42 Å². The van der Waals surface area contributed by atoms with Crippen LogP contribution in [0.2, 0.25) is 0 Å². The van der Waals surface area contributed by atoms with Gasteiger partial charge in [-0.15, -0.1) is 24.0 Å². The number of guanidine groups is 1. The number of aliphatic imine (C=N–C) groups is 1. The van der Waals surface area contributed by atoms with E-state index in [1.54, 1.807) is 7.05 Å². The molecule has 0 spiro atoms. The summed E-state index contributed by atoms with van der Waals surface area (Å²) in [6.45, 7) is 7.17. The SMILES string of the molecule is CN=C(NCC(c1ccccc1)C(C)C)NC(C)CCS(C)(=O)=O.I. The Bertz CT molecular complexity index is 618. The Hall–Kier alpha value is -0.830. The van der Waals surface area contributed by atoms with Crippen LogP contribution in [0.25, 0.3) is 0 Å². The van der Waals surface area contributed by atoms with E-state index in [2.05, 4.69) is 53.7 Å². The summed E-state index contributed by atoms with van der Waals surface area (Å²) in [6, 6.07) is 10.5. The third-order valence-corrected chi connectivity index (χ3v) is 5.03. The van der Waals surface area contributed by atoms with Gasteiger partial charge in [0.15, 0.2) is 5.96 Å². The highest BCUT2D eigenvalue weighted by molar-refractivity contribution is 14.0. The monoisotopic (exact) mass is 481 g/mol. The maximum Gasteiger partial charge on any atom is 0.191 e. The molecular weight excluding hydrogens is 449 g/mol. The molecule has 0 aliphatic heterocycles. The highest BCUT2D eigenvalue weighted by Crippen LogP contribution is 2.23. The van der Waals surface area contributed by atoms with E-state index in [4.69, 9.17) is 0 Å². The van der Waals surface area contributed by atoms with E-state index in [1.165, 1.54) is 11.8 Å². The molecule has 144 valence electrons. The lowest BCUT2D eigenvalue weighted by Crippen LogP contribution is -2.44. The number of nitrogens with one attached hydrogen (secondary N) is 2. The van der Waals surface area contributed by atoms with Crippen LogP contribution < -0.4 is 10.6 Å². The quantitative estimate of drug-likeness (QED) is 0.340. The summed E-state index contributed by atoms with van der Waals surface area (Å²) in [5, 5.41) is 6.63. The van der Waals surface area contributed by atoms with Crippen molar-refractivity contribution >= 4 is 39.8 Å². The van der Waals surface area contributed by atoms with Crippen molar-refractivity contribution in [3.63, 3.8) is 0 Å². The van der Waals surface area contributed by atoms with Crippen molar-refractivity contribution in [2.75, 3.05) is 25.6 Å². The van der Waals surface area contributed by atoms with Gasteiger partial charge in [0, 0.05) is 31.8 Å². The molecule has 0 saturated heterocycles. The maximum atomic E-state index is 11.3. The van der Waals surface area contributed by atoms with Gasteiger partial charge >= 0.3 is 0 Å². The van der Waals surface area contributed by atoms with E-state index in [9.17, 15) is 8.42 Å². The summed E-state index contributed by atoms with van der Waals surface area (Å²) in [7, 11) is -1.21. The second kappa shape index (κ2) is 11.7. The highest BCUT2D eigenvalue weighted by Gasteiger charge is 2.16. The van der Waals surface area contributed by atoms with Gasteiger partial charge in [0.1, 0.15) is 9.84 Å². The lowest BCUT2D eigenvalue weighted by Gasteiger charge is -2.24. The maximum absolute atomic E-state index is 11.3. The molecule has 0 aromatic heterocycles. The molecule has 0 radical (unpaired) electrons. The molecule has 25 heavy (non-hydrogen) atoms. The van der Waals surface area contributed by atoms with Gasteiger partial charge in [-0.1, -0.05) is 44.2 Å². The fourth-order valence-electron chi connectivity index (χ4n) is 2.54. The molecule has 0 fully saturated rings. The van der Waals surface area contributed by atoms with Crippen molar-refractivity contribution in [1.29, 1.82) is 0 Å². The van der Waals surface area contributed by atoms with Crippen molar-refractivity contribution in [3.05, 3.63) is 35.9 Å². The molecule has 0 heterocycles. The fraction of sp³-hybridized carbons (Fsp3) is 0.611. The van der Waals surface area contributed by atoms with Crippen LogP contribution >= 0.6 is 24.0 Å². The second-order valence-corrected chi connectivity index (χ2v) is 8.94. The Morgan fingerprint density at radius 2 is 1.76 bits per heavy atom. The number of benzene rings is 1. The zero-order chi connectivity index (χ0) is 18.2. The number of hydrogen-bond donors (Lipinski definition) is 2. The molecule has 2 atom stereocenters. The zero-order valence-electron chi connectivity index (χ0n) is 15.8. The van der Waals surface area contributed by atoms with Gasteiger partial charge in [-0.05, 0) is 24.8 Å². The van der Waals surface area contributed by atoms with Gasteiger partial charge in [0.2, 0.25) is 0 Å². The minimum atomic E-state index is -2.93.